The van der Waals surface area contributed by atoms with E-state index in [1.54, 1.807) is 0 Å². The summed E-state index contributed by atoms with van der Waals surface area (Å²) in [6.45, 7) is 7.29. The number of thiocarbonyl (C=S) groups is 1. The van der Waals surface area contributed by atoms with Crippen LogP contribution in [0.2, 0.25) is 0 Å². The topological polar surface area (TPSA) is 72.4 Å². The molecule has 0 spiro atoms. The van der Waals surface area contributed by atoms with Crippen molar-refractivity contribution in [3.8, 4) is 0 Å². The number of nitrogens with one attached hydrogen (secondary N) is 1. The highest BCUT2D eigenvalue weighted by Gasteiger charge is 2.55. The van der Waals surface area contributed by atoms with E-state index in [0.29, 0.717) is 38.1 Å². The number of hydrogen-bond acceptors (Lipinski definition) is 6. The van der Waals surface area contributed by atoms with E-state index >= 15 is 0 Å². The number of hydrogen-bond donors (Lipinski definition) is 2. The Labute approximate surface area is 373 Å². The van der Waals surface area contributed by atoms with Crippen LogP contribution in [0.4, 0.5) is 0 Å². The second kappa shape index (κ2) is 28.9. The summed E-state index contributed by atoms with van der Waals surface area (Å²) >= 11 is 6.35. The summed E-state index contributed by atoms with van der Waals surface area (Å²) in [4.78, 5) is 2.22. The lowest BCUT2D eigenvalue weighted by atomic mass is 9.81. The van der Waals surface area contributed by atoms with Gasteiger partial charge in [-0.3, -0.25) is 0 Å². The minimum absolute atomic E-state index is 0.306. The molecule has 0 amide bonds. The van der Waals surface area contributed by atoms with Crippen molar-refractivity contribution >= 4 is 17.3 Å². The quantitative estimate of drug-likeness (QED) is 0.0413. The maximum absolute atomic E-state index is 13.0. The van der Waals surface area contributed by atoms with Gasteiger partial charge in [0.15, 0.2) is 5.11 Å². The van der Waals surface area contributed by atoms with Crippen molar-refractivity contribution in [2.75, 3.05) is 13.1 Å². The second-order valence-corrected chi connectivity index (χ2v) is 17.1. The zero-order chi connectivity index (χ0) is 42.7. The van der Waals surface area contributed by atoms with Gasteiger partial charge >= 0.3 is 0 Å². The van der Waals surface area contributed by atoms with Gasteiger partial charge in [-0.15, -0.1) is 0 Å². The van der Waals surface area contributed by atoms with Crippen LogP contribution in [0, 0.1) is 0 Å². The molecule has 0 heterocycles. The highest BCUT2D eigenvalue weighted by Crippen LogP contribution is 2.36. The Bertz CT molecular complexity index is 1700. The summed E-state index contributed by atoms with van der Waals surface area (Å²) in [6.07, 6.45) is 13.1. The van der Waals surface area contributed by atoms with Crippen molar-refractivity contribution in [1.29, 1.82) is 0 Å². The minimum Gasteiger partial charge on any atom is -0.388 e. The molecule has 4 aromatic carbocycles. The molecule has 8 heteroatoms. The molecule has 332 valence electrons. The Morgan fingerprint density at radius 2 is 0.820 bits per heavy atom. The van der Waals surface area contributed by atoms with Crippen LogP contribution in [0.5, 0.6) is 0 Å². The molecule has 1 aliphatic carbocycles. The van der Waals surface area contributed by atoms with Crippen molar-refractivity contribution in [3.05, 3.63) is 144 Å². The van der Waals surface area contributed by atoms with E-state index in [0.717, 1.165) is 54.5 Å². The first-order valence-electron chi connectivity index (χ1n) is 23.4. The van der Waals surface area contributed by atoms with Gasteiger partial charge in [-0.1, -0.05) is 212 Å². The van der Waals surface area contributed by atoms with Crippen LogP contribution >= 0.6 is 12.2 Å². The van der Waals surface area contributed by atoms with Gasteiger partial charge in [0, 0.05) is 13.1 Å². The number of rotatable bonds is 29. The molecular weight excluding hydrogens is 777 g/mol. The molecular formula is C53H74N2O5S. The SMILES string of the molecule is CCCCCCCCCNC(=S)N(CCCCCCCCC)[C@@H]1[C@@H](O)[C@H](OCc2ccccc2)[C@@H](OCc2ccccc2)[C@H](OCc2ccccc2)[C@H]1OCc1ccccc1. The van der Waals surface area contributed by atoms with Crippen molar-refractivity contribution in [1.82, 2.24) is 10.2 Å². The largest absolute Gasteiger partial charge is 0.388 e. The predicted molar refractivity (Wildman–Crippen MR) is 253 cm³/mol. The highest BCUT2D eigenvalue weighted by atomic mass is 32.1. The van der Waals surface area contributed by atoms with Crippen LogP contribution < -0.4 is 5.32 Å². The standard InChI is InChI=1S/C53H74N2O5S/c1-3-5-7-9-11-13-27-37-54-53(61)55(38-28-14-12-10-8-6-4-2)47-48(56)50(58-40-44-31-21-16-22-32-44)52(60-42-46-35-25-18-26-36-46)51(59-41-45-33-23-17-24-34-45)49(47)57-39-43-29-19-15-20-30-43/h15-26,29-36,47-52,56H,3-14,27-28,37-42H2,1-2H3,(H,54,61)/t47-,48-,49+,50+,51-,52-/m1/s1. The Kier molecular flexibility index (Phi) is 22.9. The normalized spacial score (nSPS) is 20.0. The molecule has 0 radical (unpaired) electrons. The van der Waals surface area contributed by atoms with Gasteiger partial charge in [0.1, 0.15) is 30.5 Å². The smallest absolute Gasteiger partial charge is 0.169 e. The molecule has 6 atom stereocenters. The lowest BCUT2D eigenvalue weighted by molar-refractivity contribution is -0.259. The van der Waals surface area contributed by atoms with Crippen LogP contribution in [-0.4, -0.2) is 64.8 Å². The average Bonchev–Trinajstić information content (AvgIpc) is 3.30. The van der Waals surface area contributed by atoms with Crippen molar-refractivity contribution in [2.45, 2.75) is 167 Å². The number of unbranched alkanes of at least 4 members (excludes halogenated alkanes) is 12. The van der Waals surface area contributed by atoms with Gasteiger partial charge in [0.25, 0.3) is 0 Å². The monoisotopic (exact) mass is 851 g/mol. The van der Waals surface area contributed by atoms with E-state index in [1.807, 2.05) is 72.8 Å². The molecule has 7 nitrogen and oxygen atoms in total. The molecule has 0 unspecified atom stereocenters. The highest BCUT2D eigenvalue weighted by molar-refractivity contribution is 7.80. The van der Waals surface area contributed by atoms with Crippen LogP contribution in [0.3, 0.4) is 0 Å². The van der Waals surface area contributed by atoms with E-state index in [1.165, 1.54) is 64.2 Å². The van der Waals surface area contributed by atoms with E-state index < -0.39 is 36.6 Å². The predicted octanol–water partition coefficient (Wildman–Crippen LogP) is 11.7. The van der Waals surface area contributed by atoms with Gasteiger partial charge in [-0.05, 0) is 47.3 Å². The van der Waals surface area contributed by atoms with Crippen LogP contribution in [0.25, 0.3) is 0 Å². The zero-order valence-electron chi connectivity index (χ0n) is 37.1. The Morgan fingerprint density at radius 3 is 1.25 bits per heavy atom. The van der Waals surface area contributed by atoms with E-state index in [4.69, 9.17) is 31.2 Å². The number of aliphatic hydroxyl groups excluding tert-OH is 1. The summed E-state index contributed by atoms with van der Waals surface area (Å²) in [5.74, 6) is 0. The second-order valence-electron chi connectivity index (χ2n) is 16.7. The Balaban J connectivity index is 1.51. The van der Waals surface area contributed by atoms with Gasteiger partial charge in [0.05, 0.1) is 32.5 Å². The molecule has 0 bridgehead atoms. The molecule has 1 aliphatic rings. The molecule has 0 saturated heterocycles. The van der Waals surface area contributed by atoms with Crippen molar-refractivity contribution in [3.63, 3.8) is 0 Å². The molecule has 5 rings (SSSR count). The average molecular weight is 851 g/mol. The van der Waals surface area contributed by atoms with E-state index in [2.05, 4.69) is 72.6 Å². The summed E-state index contributed by atoms with van der Waals surface area (Å²) in [5.41, 5.74) is 4.13. The third-order valence-corrected chi connectivity index (χ3v) is 12.2. The fourth-order valence-corrected chi connectivity index (χ4v) is 8.67. The molecule has 4 aromatic rings. The van der Waals surface area contributed by atoms with Crippen molar-refractivity contribution in [2.24, 2.45) is 0 Å². The molecule has 0 aromatic heterocycles. The minimum atomic E-state index is -1.02. The van der Waals surface area contributed by atoms with Crippen molar-refractivity contribution < 1.29 is 24.1 Å². The fourth-order valence-electron chi connectivity index (χ4n) is 8.35. The van der Waals surface area contributed by atoms with Gasteiger partial charge < -0.3 is 34.3 Å². The number of aliphatic hydroxyl groups is 1. The molecule has 1 saturated carbocycles. The first kappa shape index (κ1) is 48.4. The maximum atomic E-state index is 13.0. The third-order valence-electron chi connectivity index (χ3n) is 11.8. The summed E-state index contributed by atoms with van der Waals surface area (Å²) < 4.78 is 28.0. The Hall–Kier alpha value is -3.63. The third kappa shape index (κ3) is 16.9. The number of ether oxygens (including phenoxy) is 4. The van der Waals surface area contributed by atoms with Crippen LogP contribution in [-0.2, 0) is 45.4 Å². The first-order valence-corrected chi connectivity index (χ1v) is 23.8. The van der Waals surface area contributed by atoms with Crippen LogP contribution in [0.15, 0.2) is 121 Å². The molecule has 1 fully saturated rings. The maximum Gasteiger partial charge on any atom is 0.169 e. The summed E-state index contributed by atoms with van der Waals surface area (Å²) in [7, 11) is 0. The van der Waals surface area contributed by atoms with Gasteiger partial charge in [-0.25, -0.2) is 0 Å². The van der Waals surface area contributed by atoms with Crippen LogP contribution in [0.1, 0.15) is 126 Å². The number of benzene rings is 4. The van der Waals surface area contributed by atoms with E-state index in [-0.39, 0.29) is 0 Å². The first-order chi connectivity index (χ1) is 30.1. The zero-order valence-corrected chi connectivity index (χ0v) is 37.9. The fraction of sp³-hybridized carbons (Fsp3) is 0.528. The Morgan fingerprint density at radius 1 is 0.475 bits per heavy atom. The lowest BCUT2D eigenvalue weighted by Gasteiger charge is -2.52. The summed E-state index contributed by atoms with van der Waals surface area (Å²) in [6, 6.07) is 40.2. The van der Waals surface area contributed by atoms with Gasteiger partial charge in [0.2, 0.25) is 0 Å². The lowest BCUT2D eigenvalue weighted by Crippen LogP contribution is -2.71. The summed E-state index contributed by atoms with van der Waals surface area (Å²) in [5, 5.41) is 17.3. The number of nitrogens with zero attached hydrogens (tertiary/aromatic N) is 1. The van der Waals surface area contributed by atoms with Gasteiger partial charge in [-0.2, -0.15) is 0 Å². The van der Waals surface area contributed by atoms with E-state index in [9.17, 15) is 5.11 Å². The molecule has 0 aliphatic heterocycles. The molecule has 61 heavy (non-hydrogen) atoms. The molecule has 2 N–H and O–H groups in total.